The van der Waals surface area contributed by atoms with Crippen LogP contribution in [-0.2, 0) is 16.0 Å². The number of hydrogen-bond acceptors (Lipinski definition) is 5. The molecule has 0 fully saturated rings. The first-order chi connectivity index (χ1) is 9.95. The summed E-state index contributed by atoms with van der Waals surface area (Å²) in [5.74, 6) is -1.34. The molecule has 0 spiro atoms. The molecule has 110 valence electrons. The third-order valence-electron chi connectivity index (χ3n) is 2.70. The van der Waals surface area contributed by atoms with E-state index in [0.717, 1.165) is 0 Å². The van der Waals surface area contributed by atoms with E-state index in [0.29, 0.717) is 11.3 Å². The van der Waals surface area contributed by atoms with Crippen LogP contribution in [0.3, 0.4) is 0 Å². The van der Waals surface area contributed by atoms with Gasteiger partial charge in [0.05, 0.1) is 29.7 Å². The van der Waals surface area contributed by atoms with E-state index in [-0.39, 0.29) is 31.0 Å². The second kappa shape index (κ2) is 5.99. The normalized spacial score (nSPS) is 10.5. The molecule has 0 aliphatic carbocycles. The van der Waals surface area contributed by atoms with Crippen molar-refractivity contribution in [2.24, 2.45) is 0 Å². The fourth-order valence-electron chi connectivity index (χ4n) is 1.76. The third-order valence-corrected chi connectivity index (χ3v) is 2.70. The molecule has 2 N–H and O–H groups in total. The van der Waals surface area contributed by atoms with Gasteiger partial charge in [-0.15, -0.1) is 0 Å². The molecule has 0 aliphatic heterocycles. The third kappa shape index (κ3) is 3.75. The number of carbonyl (C=O) groups excluding carboxylic acids is 1. The summed E-state index contributed by atoms with van der Waals surface area (Å²) < 4.78 is 1.47. The number of fused-ring (bicyclic) bond motifs is 1. The van der Waals surface area contributed by atoms with Crippen molar-refractivity contribution in [1.82, 2.24) is 14.7 Å². The summed E-state index contributed by atoms with van der Waals surface area (Å²) >= 11 is 0. The van der Waals surface area contributed by atoms with Gasteiger partial charge in [-0.2, -0.15) is 0 Å². The molecule has 2 aromatic rings. The molecule has 0 unspecified atom stereocenters. The van der Waals surface area contributed by atoms with Crippen molar-refractivity contribution in [2.45, 2.75) is 12.8 Å². The number of aromatic nitrogens is 2. The molecule has 9 nitrogen and oxygen atoms in total. The van der Waals surface area contributed by atoms with E-state index >= 15 is 0 Å². The summed E-state index contributed by atoms with van der Waals surface area (Å²) in [6, 6.07) is 2.82. The van der Waals surface area contributed by atoms with E-state index in [4.69, 9.17) is 5.11 Å². The van der Waals surface area contributed by atoms with Crippen LogP contribution < -0.4 is 5.32 Å². The quantitative estimate of drug-likeness (QED) is 0.585. The van der Waals surface area contributed by atoms with E-state index in [9.17, 15) is 19.7 Å². The zero-order valence-electron chi connectivity index (χ0n) is 10.9. The van der Waals surface area contributed by atoms with Crippen LogP contribution in [0.1, 0.15) is 12.1 Å². The molecule has 0 saturated carbocycles. The van der Waals surface area contributed by atoms with Gasteiger partial charge in [-0.3, -0.25) is 24.1 Å². The van der Waals surface area contributed by atoms with Gasteiger partial charge in [-0.25, -0.2) is 4.98 Å². The van der Waals surface area contributed by atoms with Gasteiger partial charge in [0.2, 0.25) is 5.91 Å². The topological polar surface area (TPSA) is 127 Å². The van der Waals surface area contributed by atoms with E-state index in [1.165, 1.54) is 28.9 Å². The molecule has 2 rings (SSSR count). The van der Waals surface area contributed by atoms with Crippen LogP contribution in [-0.4, -0.2) is 37.8 Å². The molecular formula is C12H12N4O5. The van der Waals surface area contributed by atoms with Crippen LogP contribution in [0.4, 0.5) is 5.69 Å². The van der Waals surface area contributed by atoms with Gasteiger partial charge in [0, 0.05) is 18.8 Å². The van der Waals surface area contributed by atoms with Gasteiger partial charge >= 0.3 is 5.97 Å². The summed E-state index contributed by atoms with van der Waals surface area (Å²) in [6.07, 6.45) is 2.67. The Hall–Kier alpha value is -2.97. The zero-order valence-corrected chi connectivity index (χ0v) is 10.9. The Balaban J connectivity index is 2.04. The fraction of sp³-hybridized carbons (Fsp3) is 0.250. The molecular weight excluding hydrogens is 280 g/mol. The number of amides is 1. The number of rotatable bonds is 6. The maximum Gasteiger partial charge on any atom is 0.305 e. The highest BCUT2D eigenvalue weighted by molar-refractivity contribution is 5.79. The number of nitrogens with zero attached hydrogens (tertiary/aromatic N) is 3. The van der Waals surface area contributed by atoms with Gasteiger partial charge < -0.3 is 10.4 Å². The van der Waals surface area contributed by atoms with Crippen LogP contribution in [0.5, 0.6) is 0 Å². The Kier molecular flexibility index (Phi) is 4.12. The van der Waals surface area contributed by atoms with Gasteiger partial charge in [-0.05, 0) is 6.07 Å². The van der Waals surface area contributed by atoms with Crippen LogP contribution >= 0.6 is 0 Å². The highest BCUT2D eigenvalue weighted by Crippen LogP contribution is 2.13. The van der Waals surface area contributed by atoms with E-state index in [2.05, 4.69) is 10.3 Å². The number of carbonyl (C=O) groups is 2. The average molecular weight is 292 g/mol. The Morgan fingerprint density at radius 1 is 1.38 bits per heavy atom. The molecule has 21 heavy (non-hydrogen) atoms. The number of imidazole rings is 1. The lowest BCUT2D eigenvalue weighted by Crippen LogP contribution is -2.27. The Morgan fingerprint density at radius 3 is 2.81 bits per heavy atom. The first kappa shape index (κ1) is 14.4. The first-order valence-electron chi connectivity index (χ1n) is 6.06. The van der Waals surface area contributed by atoms with Gasteiger partial charge in [0.15, 0.2) is 0 Å². The predicted molar refractivity (Wildman–Crippen MR) is 70.8 cm³/mol. The summed E-state index contributed by atoms with van der Waals surface area (Å²) in [5, 5.41) is 21.6. The molecule has 0 radical (unpaired) electrons. The zero-order chi connectivity index (χ0) is 15.4. The maximum absolute atomic E-state index is 11.6. The number of carboxylic acids is 1. The Bertz CT molecular complexity index is 709. The molecule has 0 aromatic carbocycles. The molecule has 2 aromatic heterocycles. The van der Waals surface area contributed by atoms with Crippen LogP contribution in [0.15, 0.2) is 24.5 Å². The standard InChI is InChI=1S/C12H12N4O5/c17-11(13-4-3-12(18)19)5-8-6-15-7-9(16(20)21)1-2-10(15)14-8/h1-2,6-7H,3-5H2,(H,13,17)(H,18,19). The fourth-order valence-corrected chi connectivity index (χ4v) is 1.76. The lowest BCUT2D eigenvalue weighted by Gasteiger charge is -2.00. The van der Waals surface area contributed by atoms with Gasteiger partial charge in [0.25, 0.3) is 5.69 Å². The number of nitro groups is 1. The number of pyridine rings is 1. The number of aliphatic carboxylic acids is 1. The maximum atomic E-state index is 11.6. The second-order valence-corrected chi connectivity index (χ2v) is 4.31. The Morgan fingerprint density at radius 2 is 2.14 bits per heavy atom. The first-order valence-corrected chi connectivity index (χ1v) is 6.06. The van der Waals surface area contributed by atoms with Gasteiger partial charge in [0.1, 0.15) is 5.65 Å². The number of hydrogen-bond donors (Lipinski definition) is 2. The van der Waals surface area contributed by atoms with Gasteiger partial charge in [-0.1, -0.05) is 0 Å². The van der Waals surface area contributed by atoms with E-state index < -0.39 is 10.9 Å². The minimum Gasteiger partial charge on any atom is -0.481 e. The summed E-state index contributed by atoms with van der Waals surface area (Å²) in [6.45, 7) is 0.0486. The second-order valence-electron chi connectivity index (χ2n) is 4.31. The molecule has 9 heteroatoms. The van der Waals surface area contributed by atoms with Crippen molar-refractivity contribution < 1.29 is 19.6 Å². The molecule has 0 bridgehead atoms. The van der Waals surface area contributed by atoms with Crippen molar-refractivity contribution in [3.8, 4) is 0 Å². The minimum absolute atomic E-state index is 0.0188. The number of nitrogens with one attached hydrogen (secondary N) is 1. The van der Waals surface area contributed by atoms with E-state index in [1.807, 2.05) is 0 Å². The van der Waals surface area contributed by atoms with Crippen molar-refractivity contribution in [3.05, 3.63) is 40.3 Å². The largest absolute Gasteiger partial charge is 0.481 e. The SMILES string of the molecule is O=C(O)CCNC(=O)Cc1cn2cc([N+](=O)[O-])ccc2n1. The van der Waals surface area contributed by atoms with Crippen molar-refractivity contribution in [3.63, 3.8) is 0 Å². The van der Waals surface area contributed by atoms with Crippen molar-refractivity contribution >= 4 is 23.2 Å². The summed E-state index contributed by atoms with van der Waals surface area (Å²) in [5.41, 5.74) is 0.870. The summed E-state index contributed by atoms with van der Waals surface area (Å²) in [4.78, 5) is 36.2. The van der Waals surface area contributed by atoms with E-state index in [1.54, 1.807) is 0 Å². The highest BCUT2D eigenvalue weighted by atomic mass is 16.6. The van der Waals surface area contributed by atoms with Crippen molar-refractivity contribution in [2.75, 3.05) is 6.54 Å². The highest BCUT2D eigenvalue weighted by Gasteiger charge is 2.11. The smallest absolute Gasteiger partial charge is 0.305 e. The monoisotopic (exact) mass is 292 g/mol. The lowest BCUT2D eigenvalue weighted by atomic mass is 10.3. The number of carboxylic acid groups (broad SMARTS) is 1. The average Bonchev–Trinajstić information content (AvgIpc) is 2.78. The lowest BCUT2D eigenvalue weighted by molar-refractivity contribution is -0.385. The van der Waals surface area contributed by atoms with Crippen LogP contribution in [0.25, 0.3) is 5.65 Å². The molecule has 0 saturated heterocycles. The summed E-state index contributed by atoms with van der Waals surface area (Å²) in [7, 11) is 0. The molecule has 2 heterocycles. The van der Waals surface area contributed by atoms with Crippen LogP contribution in [0, 0.1) is 10.1 Å². The molecule has 1 amide bonds. The van der Waals surface area contributed by atoms with Crippen LogP contribution in [0.2, 0.25) is 0 Å². The Labute approximate surface area is 118 Å². The molecule has 0 aliphatic rings. The molecule has 0 atom stereocenters. The minimum atomic E-state index is -0.990. The predicted octanol–water partition coefficient (Wildman–Crippen LogP) is 0.376. The van der Waals surface area contributed by atoms with Crippen molar-refractivity contribution in [1.29, 1.82) is 0 Å².